The molecule has 0 saturated heterocycles. The van der Waals surface area contributed by atoms with Crippen molar-refractivity contribution in [2.45, 2.75) is 11.8 Å². The number of allylic oxidation sites excluding steroid dienone is 4. The van der Waals surface area contributed by atoms with E-state index in [9.17, 15) is 9.59 Å². The second-order valence-electron chi connectivity index (χ2n) is 4.47. The third-order valence-electron chi connectivity index (χ3n) is 3.37. The van der Waals surface area contributed by atoms with E-state index in [4.69, 9.17) is 9.47 Å². The maximum Gasteiger partial charge on any atom is 0.336 e. The monoisotopic (exact) mass is 341 g/mol. The van der Waals surface area contributed by atoms with Crippen LogP contribution in [0.3, 0.4) is 0 Å². The molecule has 108 valence electrons. The van der Waals surface area contributed by atoms with Crippen molar-refractivity contribution in [2.75, 3.05) is 27.3 Å². The molecule has 20 heavy (non-hydrogen) atoms. The minimum atomic E-state index is -0.563. The molecule has 0 saturated carbocycles. The molecule has 1 aliphatic carbocycles. The highest BCUT2D eigenvalue weighted by atomic mass is 79.9. The van der Waals surface area contributed by atoms with Crippen molar-refractivity contribution in [2.24, 2.45) is 0 Å². The molecule has 0 aromatic heterocycles. The first-order valence-corrected chi connectivity index (χ1v) is 7.16. The molecule has 1 heterocycles. The number of hydrogen-bond acceptors (Lipinski definition) is 5. The van der Waals surface area contributed by atoms with Crippen molar-refractivity contribution < 1.29 is 19.1 Å². The molecule has 0 N–H and O–H groups in total. The van der Waals surface area contributed by atoms with E-state index in [0.29, 0.717) is 29.0 Å². The summed E-state index contributed by atoms with van der Waals surface area (Å²) in [4.78, 5) is 25.8. The molecule has 0 fully saturated rings. The van der Waals surface area contributed by atoms with Crippen LogP contribution in [-0.2, 0) is 19.1 Å². The summed E-state index contributed by atoms with van der Waals surface area (Å²) in [6.07, 6.45) is 3.65. The number of carbonyl (C=O) groups is 2. The predicted molar refractivity (Wildman–Crippen MR) is 77.2 cm³/mol. The summed E-state index contributed by atoms with van der Waals surface area (Å²) in [7, 11) is 2.84. The Kier molecular flexibility index (Phi) is 4.32. The van der Waals surface area contributed by atoms with Gasteiger partial charge in [-0.25, -0.2) is 4.79 Å². The molecule has 6 heteroatoms. The lowest BCUT2D eigenvalue weighted by Crippen LogP contribution is -2.35. The molecule has 0 aromatic rings. The van der Waals surface area contributed by atoms with E-state index in [1.54, 1.807) is 6.08 Å². The molecule has 2 rings (SSSR count). The Morgan fingerprint density at radius 2 is 2.20 bits per heavy atom. The van der Waals surface area contributed by atoms with Gasteiger partial charge in [0.1, 0.15) is 10.6 Å². The van der Waals surface area contributed by atoms with E-state index in [1.165, 1.54) is 14.2 Å². The minimum Gasteiger partial charge on any atom is -0.499 e. The fourth-order valence-electron chi connectivity index (χ4n) is 2.30. The number of hydrogen-bond donors (Lipinski definition) is 0. The van der Waals surface area contributed by atoms with Crippen LogP contribution in [0, 0.1) is 0 Å². The molecule has 0 amide bonds. The van der Waals surface area contributed by atoms with E-state index in [2.05, 4.69) is 15.9 Å². The summed E-state index contributed by atoms with van der Waals surface area (Å²) in [6, 6.07) is 0. The third-order valence-corrected chi connectivity index (χ3v) is 4.24. The summed E-state index contributed by atoms with van der Waals surface area (Å²) < 4.78 is 10.0. The van der Waals surface area contributed by atoms with Gasteiger partial charge in [0.2, 0.25) is 0 Å². The van der Waals surface area contributed by atoms with Crippen molar-refractivity contribution in [3.05, 3.63) is 34.8 Å². The van der Waals surface area contributed by atoms with Crippen LogP contribution in [0.15, 0.2) is 34.8 Å². The maximum atomic E-state index is 12.5. The number of halogens is 1. The van der Waals surface area contributed by atoms with Gasteiger partial charge in [-0.1, -0.05) is 15.9 Å². The van der Waals surface area contributed by atoms with Crippen LogP contribution in [-0.4, -0.2) is 48.8 Å². The zero-order valence-electron chi connectivity index (χ0n) is 11.6. The Labute approximate surface area is 126 Å². The quantitative estimate of drug-likeness (QED) is 0.575. The highest BCUT2D eigenvalue weighted by Crippen LogP contribution is 2.35. The van der Waals surface area contributed by atoms with E-state index in [-0.39, 0.29) is 5.78 Å². The average molecular weight is 342 g/mol. The first-order chi connectivity index (χ1) is 9.53. The van der Waals surface area contributed by atoms with Gasteiger partial charge in [-0.2, -0.15) is 0 Å². The van der Waals surface area contributed by atoms with Gasteiger partial charge in [0, 0.05) is 23.9 Å². The standard InChI is InChI=1S/C14H16BrNO4/c1-4-16-6-8-5-10(19-2)12(15)13(17)11(8)9(7-16)14(18)20-3/h5-6,12H,4,7H2,1-3H3. The highest BCUT2D eigenvalue weighted by Gasteiger charge is 2.37. The number of ketones is 1. The molecule has 0 radical (unpaired) electrons. The van der Waals surface area contributed by atoms with Gasteiger partial charge in [0.05, 0.1) is 26.3 Å². The summed E-state index contributed by atoms with van der Waals surface area (Å²) in [5.41, 5.74) is 1.51. The molecular weight excluding hydrogens is 326 g/mol. The largest absolute Gasteiger partial charge is 0.499 e. The van der Waals surface area contributed by atoms with Gasteiger partial charge >= 0.3 is 5.97 Å². The number of Topliss-reactive ketones (excluding diaryl/α,β-unsaturated/α-hetero) is 1. The lowest BCUT2D eigenvalue weighted by Gasteiger charge is -2.31. The Morgan fingerprint density at radius 3 is 2.75 bits per heavy atom. The van der Waals surface area contributed by atoms with Gasteiger partial charge in [-0.15, -0.1) is 0 Å². The normalized spacial score (nSPS) is 22.1. The number of methoxy groups -OCH3 is 2. The third kappa shape index (κ3) is 2.40. The lowest BCUT2D eigenvalue weighted by molar-refractivity contribution is -0.136. The van der Waals surface area contributed by atoms with Gasteiger partial charge in [-0.3, -0.25) is 4.79 Å². The Bertz CT molecular complexity index is 547. The topological polar surface area (TPSA) is 55.8 Å². The Hall–Kier alpha value is -1.56. The number of esters is 1. The fraction of sp³-hybridized carbons (Fsp3) is 0.429. The number of rotatable bonds is 3. The molecule has 1 aliphatic heterocycles. The molecular formula is C14H16BrNO4. The number of nitrogens with zero attached hydrogens (tertiary/aromatic N) is 1. The van der Waals surface area contributed by atoms with Gasteiger partial charge in [0.25, 0.3) is 0 Å². The molecule has 0 spiro atoms. The van der Waals surface area contributed by atoms with Crippen LogP contribution in [0.1, 0.15) is 6.92 Å². The smallest absolute Gasteiger partial charge is 0.336 e. The van der Waals surface area contributed by atoms with Crippen LogP contribution < -0.4 is 0 Å². The van der Waals surface area contributed by atoms with Gasteiger partial charge < -0.3 is 14.4 Å². The molecule has 2 aliphatic rings. The maximum absolute atomic E-state index is 12.5. The SMILES string of the molecule is CCN1C=C2C=C(OC)C(Br)C(=O)C2=C(C(=O)OC)C1. The van der Waals surface area contributed by atoms with Crippen molar-refractivity contribution in [1.29, 1.82) is 0 Å². The highest BCUT2D eigenvalue weighted by molar-refractivity contribution is 9.10. The molecule has 0 aromatic carbocycles. The van der Waals surface area contributed by atoms with Crippen LogP contribution in [0.25, 0.3) is 0 Å². The number of ether oxygens (including phenoxy) is 2. The van der Waals surface area contributed by atoms with Crippen LogP contribution in [0.2, 0.25) is 0 Å². The summed E-state index contributed by atoms with van der Waals surface area (Å²) in [5.74, 6) is -0.106. The fourth-order valence-corrected chi connectivity index (χ4v) is 2.85. The zero-order valence-corrected chi connectivity index (χ0v) is 13.2. The number of likely N-dealkylation sites (N-methyl/N-ethyl adjacent to an activating group) is 1. The second-order valence-corrected chi connectivity index (χ2v) is 5.39. The zero-order chi connectivity index (χ0) is 14.9. The van der Waals surface area contributed by atoms with Gasteiger partial charge in [-0.05, 0) is 13.0 Å². The first kappa shape index (κ1) is 14.8. The number of alkyl halides is 1. The van der Waals surface area contributed by atoms with E-state index in [0.717, 1.165) is 6.54 Å². The molecule has 5 nitrogen and oxygen atoms in total. The van der Waals surface area contributed by atoms with Crippen molar-refractivity contribution >= 4 is 27.7 Å². The van der Waals surface area contributed by atoms with Crippen molar-refractivity contribution in [3.8, 4) is 0 Å². The predicted octanol–water partition coefficient (Wildman–Crippen LogP) is 1.55. The second kappa shape index (κ2) is 5.83. The summed E-state index contributed by atoms with van der Waals surface area (Å²) in [6.45, 7) is 3.10. The Balaban J connectivity index is 2.59. The number of fused-ring (bicyclic) bond motifs is 1. The molecule has 1 atom stereocenters. The van der Waals surface area contributed by atoms with Crippen LogP contribution in [0.5, 0.6) is 0 Å². The average Bonchev–Trinajstić information content (AvgIpc) is 2.48. The van der Waals surface area contributed by atoms with Gasteiger partial charge in [0.15, 0.2) is 5.78 Å². The lowest BCUT2D eigenvalue weighted by atomic mass is 9.87. The summed E-state index contributed by atoms with van der Waals surface area (Å²) >= 11 is 3.30. The van der Waals surface area contributed by atoms with Crippen LogP contribution >= 0.6 is 15.9 Å². The summed E-state index contributed by atoms with van der Waals surface area (Å²) in [5, 5.41) is 0. The number of carbonyl (C=O) groups excluding carboxylic acids is 2. The molecule has 0 bridgehead atoms. The Morgan fingerprint density at radius 1 is 1.50 bits per heavy atom. The van der Waals surface area contributed by atoms with E-state index in [1.807, 2.05) is 18.0 Å². The van der Waals surface area contributed by atoms with Crippen molar-refractivity contribution in [3.63, 3.8) is 0 Å². The molecule has 1 unspecified atom stereocenters. The first-order valence-electron chi connectivity index (χ1n) is 6.25. The van der Waals surface area contributed by atoms with E-state index >= 15 is 0 Å². The van der Waals surface area contributed by atoms with E-state index < -0.39 is 10.8 Å². The van der Waals surface area contributed by atoms with Crippen LogP contribution in [0.4, 0.5) is 0 Å². The van der Waals surface area contributed by atoms with Crippen molar-refractivity contribution in [1.82, 2.24) is 4.90 Å². The minimum absolute atomic E-state index is 0.174.